The molecule has 27 heavy (non-hydrogen) atoms. The first-order valence-corrected chi connectivity index (χ1v) is 9.18. The molecule has 0 unspecified atom stereocenters. The molecular weight excluding hydrogens is 338 g/mol. The van der Waals surface area contributed by atoms with Crippen molar-refractivity contribution >= 4 is 23.2 Å². The van der Waals surface area contributed by atoms with E-state index in [0.717, 1.165) is 31.7 Å². The molecular formula is C22H25N3O2. The van der Waals surface area contributed by atoms with Gasteiger partial charge in [0.2, 0.25) is 5.91 Å². The summed E-state index contributed by atoms with van der Waals surface area (Å²) in [5.74, 6) is -0.342. The van der Waals surface area contributed by atoms with Crippen molar-refractivity contribution in [2.75, 3.05) is 23.8 Å². The van der Waals surface area contributed by atoms with Crippen molar-refractivity contribution in [3.63, 3.8) is 0 Å². The Morgan fingerprint density at radius 3 is 2.59 bits per heavy atom. The van der Waals surface area contributed by atoms with E-state index in [2.05, 4.69) is 29.8 Å². The third-order valence-electron chi connectivity index (χ3n) is 4.86. The van der Waals surface area contributed by atoms with Crippen LogP contribution in [0.5, 0.6) is 0 Å². The fourth-order valence-electron chi connectivity index (χ4n) is 3.38. The lowest BCUT2D eigenvalue weighted by Crippen LogP contribution is -2.23. The number of benzene rings is 2. The second kappa shape index (κ2) is 8.18. The molecule has 5 nitrogen and oxygen atoms in total. The van der Waals surface area contributed by atoms with Crippen LogP contribution >= 0.6 is 0 Å². The van der Waals surface area contributed by atoms with Gasteiger partial charge in [-0.05, 0) is 60.5 Å². The summed E-state index contributed by atoms with van der Waals surface area (Å²) in [7, 11) is 1.68. The van der Waals surface area contributed by atoms with Gasteiger partial charge in [0.1, 0.15) is 0 Å². The Balaban J connectivity index is 1.73. The van der Waals surface area contributed by atoms with Crippen molar-refractivity contribution in [3.8, 4) is 0 Å². The molecule has 2 aromatic rings. The molecule has 1 aliphatic rings. The Hall–Kier alpha value is -2.92. The lowest BCUT2D eigenvalue weighted by Gasteiger charge is -2.16. The Labute approximate surface area is 160 Å². The molecule has 0 radical (unpaired) electrons. The second-order valence-electron chi connectivity index (χ2n) is 6.76. The monoisotopic (exact) mass is 363 g/mol. The number of carbonyl (C=O) groups excluding carboxylic acids is 2. The van der Waals surface area contributed by atoms with Crippen molar-refractivity contribution in [1.82, 2.24) is 4.90 Å². The van der Waals surface area contributed by atoms with Crippen LogP contribution in [0.15, 0.2) is 55.1 Å². The number of nitrogens with zero attached hydrogens (tertiary/aromatic N) is 2. The van der Waals surface area contributed by atoms with E-state index in [1.807, 2.05) is 12.1 Å². The van der Waals surface area contributed by atoms with E-state index >= 15 is 0 Å². The van der Waals surface area contributed by atoms with Crippen LogP contribution < -0.4 is 10.2 Å². The smallest absolute Gasteiger partial charge is 0.255 e. The van der Waals surface area contributed by atoms with Crippen LogP contribution in [0.25, 0.3) is 0 Å². The highest BCUT2D eigenvalue weighted by Gasteiger charge is 2.21. The zero-order valence-electron chi connectivity index (χ0n) is 15.9. The lowest BCUT2D eigenvalue weighted by molar-refractivity contribution is -0.113. The molecule has 5 heteroatoms. The molecule has 140 valence electrons. The molecule has 1 aliphatic heterocycles. The average molecular weight is 363 g/mol. The first-order chi connectivity index (χ1) is 13.0. The van der Waals surface area contributed by atoms with Crippen LogP contribution in [0.3, 0.4) is 0 Å². The van der Waals surface area contributed by atoms with Gasteiger partial charge in [0.15, 0.2) is 0 Å². The Morgan fingerprint density at radius 2 is 1.93 bits per heavy atom. The number of hydrogen-bond donors (Lipinski definition) is 1. The van der Waals surface area contributed by atoms with E-state index in [0.29, 0.717) is 11.3 Å². The standard InChI is InChI=1S/C22H25N3O2/c1-4-13-25-14-17-7-6-8-20(19(17)15-25)23-22(27)16-9-11-18(12-10-16)24(3)21(26)5-2/h5-12H,2,4,13-15H2,1,3H3,(H,23,27). The Morgan fingerprint density at radius 1 is 1.19 bits per heavy atom. The van der Waals surface area contributed by atoms with Gasteiger partial charge in [0, 0.05) is 37.1 Å². The first kappa shape index (κ1) is 18.9. The van der Waals surface area contributed by atoms with Crippen LogP contribution in [0, 0.1) is 0 Å². The maximum absolute atomic E-state index is 12.7. The molecule has 3 rings (SSSR count). The van der Waals surface area contributed by atoms with Gasteiger partial charge in [-0.25, -0.2) is 0 Å². The molecule has 0 saturated carbocycles. The summed E-state index contributed by atoms with van der Waals surface area (Å²) in [5, 5.41) is 3.04. The molecule has 0 aromatic heterocycles. The van der Waals surface area contributed by atoms with Crippen LogP contribution in [0.4, 0.5) is 11.4 Å². The van der Waals surface area contributed by atoms with Gasteiger partial charge < -0.3 is 10.2 Å². The maximum atomic E-state index is 12.7. The minimum absolute atomic E-state index is 0.151. The normalized spacial score (nSPS) is 13.1. The number of carbonyl (C=O) groups is 2. The predicted octanol–water partition coefficient (Wildman–Crippen LogP) is 3.81. The fraction of sp³-hybridized carbons (Fsp3) is 0.273. The Bertz CT molecular complexity index is 858. The summed E-state index contributed by atoms with van der Waals surface area (Å²) in [5.41, 5.74) is 4.62. The summed E-state index contributed by atoms with van der Waals surface area (Å²) in [4.78, 5) is 28.2. The van der Waals surface area contributed by atoms with Crippen LogP contribution in [-0.2, 0) is 17.9 Å². The quantitative estimate of drug-likeness (QED) is 0.794. The van der Waals surface area contributed by atoms with E-state index in [9.17, 15) is 9.59 Å². The average Bonchev–Trinajstić information content (AvgIpc) is 3.11. The van der Waals surface area contributed by atoms with Crippen molar-refractivity contribution in [3.05, 3.63) is 71.8 Å². The predicted molar refractivity (Wildman–Crippen MR) is 109 cm³/mol. The second-order valence-corrected chi connectivity index (χ2v) is 6.76. The summed E-state index contributed by atoms with van der Waals surface area (Å²) in [6, 6.07) is 13.0. The summed E-state index contributed by atoms with van der Waals surface area (Å²) < 4.78 is 0. The van der Waals surface area contributed by atoms with E-state index in [-0.39, 0.29) is 11.8 Å². The number of likely N-dealkylation sites (N-methyl/N-ethyl adjacent to an activating group) is 1. The minimum atomic E-state index is -0.191. The molecule has 0 fully saturated rings. The van der Waals surface area contributed by atoms with Gasteiger partial charge in [-0.2, -0.15) is 0 Å². The fourth-order valence-corrected chi connectivity index (χ4v) is 3.38. The molecule has 1 N–H and O–H groups in total. The Kier molecular flexibility index (Phi) is 5.72. The number of anilines is 2. The molecule has 0 spiro atoms. The van der Waals surface area contributed by atoms with E-state index in [4.69, 9.17) is 0 Å². The summed E-state index contributed by atoms with van der Waals surface area (Å²) in [6.45, 7) is 8.52. The molecule has 0 bridgehead atoms. The number of rotatable bonds is 6. The van der Waals surface area contributed by atoms with Crippen LogP contribution in [-0.4, -0.2) is 30.3 Å². The molecule has 1 heterocycles. The molecule has 0 atom stereocenters. The van der Waals surface area contributed by atoms with Gasteiger partial charge in [-0.3, -0.25) is 14.5 Å². The van der Waals surface area contributed by atoms with E-state index in [1.165, 1.54) is 22.1 Å². The van der Waals surface area contributed by atoms with E-state index in [1.54, 1.807) is 31.3 Å². The van der Waals surface area contributed by atoms with Gasteiger partial charge in [-0.1, -0.05) is 25.6 Å². The van der Waals surface area contributed by atoms with Gasteiger partial charge >= 0.3 is 0 Å². The highest BCUT2D eigenvalue weighted by atomic mass is 16.2. The summed E-state index contributed by atoms with van der Waals surface area (Å²) in [6.07, 6.45) is 2.38. The minimum Gasteiger partial charge on any atom is -0.322 e. The molecule has 0 aliphatic carbocycles. The first-order valence-electron chi connectivity index (χ1n) is 9.18. The van der Waals surface area contributed by atoms with Crippen molar-refractivity contribution < 1.29 is 9.59 Å². The maximum Gasteiger partial charge on any atom is 0.255 e. The number of hydrogen-bond acceptors (Lipinski definition) is 3. The molecule has 0 saturated heterocycles. The zero-order valence-corrected chi connectivity index (χ0v) is 15.9. The third kappa shape index (κ3) is 4.09. The highest BCUT2D eigenvalue weighted by Crippen LogP contribution is 2.29. The van der Waals surface area contributed by atoms with Crippen LogP contribution in [0.1, 0.15) is 34.8 Å². The number of amides is 2. The lowest BCUT2D eigenvalue weighted by atomic mass is 10.1. The number of nitrogens with one attached hydrogen (secondary N) is 1. The topological polar surface area (TPSA) is 52.7 Å². The van der Waals surface area contributed by atoms with Gasteiger partial charge in [-0.15, -0.1) is 0 Å². The molecule has 2 aromatic carbocycles. The van der Waals surface area contributed by atoms with E-state index < -0.39 is 0 Å². The number of fused-ring (bicyclic) bond motifs is 1. The summed E-state index contributed by atoms with van der Waals surface area (Å²) >= 11 is 0. The highest BCUT2D eigenvalue weighted by molar-refractivity contribution is 6.05. The van der Waals surface area contributed by atoms with Crippen LogP contribution in [0.2, 0.25) is 0 Å². The van der Waals surface area contributed by atoms with Crippen molar-refractivity contribution in [2.45, 2.75) is 26.4 Å². The van der Waals surface area contributed by atoms with Crippen molar-refractivity contribution in [1.29, 1.82) is 0 Å². The largest absolute Gasteiger partial charge is 0.322 e. The van der Waals surface area contributed by atoms with Gasteiger partial charge in [0.25, 0.3) is 5.91 Å². The SMILES string of the molecule is C=CC(=O)N(C)c1ccc(C(=O)Nc2cccc3c2CN(CCC)C3)cc1. The van der Waals surface area contributed by atoms with Gasteiger partial charge in [0.05, 0.1) is 0 Å². The molecule has 2 amide bonds. The third-order valence-corrected chi connectivity index (χ3v) is 4.86. The van der Waals surface area contributed by atoms with Crippen molar-refractivity contribution in [2.24, 2.45) is 0 Å². The zero-order chi connectivity index (χ0) is 19.4.